The third kappa shape index (κ3) is 2.47. The molecule has 0 aliphatic heterocycles. The Hall–Kier alpha value is -2.06. The van der Waals surface area contributed by atoms with Gasteiger partial charge in [0.05, 0.1) is 0 Å². The van der Waals surface area contributed by atoms with Crippen molar-refractivity contribution >= 4 is 5.97 Å². The molecule has 0 atom stereocenters. The highest BCUT2D eigenvalue weighted by Crippen LogP contribution is 2.13. The quantitative estimate of drug-likeness (QED) is 0.155. The zero-order valence-corrected chi connectivity index (χ0v) is 6.71. The molecule has 0 aliphatic carbocycles. The Bertz CT molecular complexity index is 276. The van der Waals surface area contributed by atoms with E-state index in [0.29, 0.717) is 6.08 Å². The minimum atomic E-state index is -4.02. The van der Waals surface area contributed by atoms with Gasteiger partial charge in [-0.3, -0.25) is 20.2 Å². The van der Waals surface area contributed by atoms with Crippen molar-refractivity contribution in [1.82, 2.24) is 0 Å². The molecule has 0 spiro atoms. The fourth-order valence-electron chi connectivity index (χ4n) is 0.394. The van der Waals surface area contributed by atoms with Gasteiger partial charge in [-0.05, 0) is 0 Å². The highest BCUT2D eigenvalue weighted by atomic mass is 19.2. The number of hydrogen-bond acceptors (Lipinski definition) is 6. The van der Waals surface area contributed by atoms with Crippen LogP contribution in [0.25, 0.3) is 0 Å². The van der Waals surface area contributed by atoms with Gasteiger partial charge in [-0.25, -0.2) is 4.79 Å². The SMILES string of the molecule is C=CC(=O)OCC(F)([N+](=O)[O-])[N+](=O)[O-]. The largest absolute Gasteiger partial charge is 0.648 e. The van der Waals surface area contributed by atoms with Crippen molar-refractivity contribution in [3.8, 4) is 0 Å². The maximum absolute atomic E-state index is 12.8. The first kappa shape index (κ1) is 11.9. The van der Waals surface area contributed by atoms with Crippen molar-refractivity contribution in [1.29, 1.82) is 0 Å². The van der Waals surface area contributed by atoms with E-state index in [1.165, 1.54) is 0 Å². The summed E-state index contributed by atoms with van der Waals surface area (Å²) in [5.74, 6) is -5.20. The molecule has 0 rings (SSSR count). The molecule has 0 saturated heterocycles. The second-order valence-electron chi connectivity index (χ2n) is 2.04. The predicted octanol–water partition coefficient (Wildman–Crippen LogP) is -0.108. The van der Waals surface area contributed by atoms with Crippen molar-refractivity contribution in [2.45, 2.75) is 5.92 Å². The van der Waals surface area contributed by atoms with Crippen molar-refractivity contribution in [2.75, 3.05) is 6.61 Å². The van der Waals surface area contributed by atoms with Crippen molar-refractivity contribution in [3.63, 3.8) is 0 Å². The molecule has 0 N–H and O–H groups in total. The van der Waals surface area contributed by atoms with Crippen LogP contribution in [0.15, 0.2) is 12.7 Å². The Labute approximate surface area is 76.3 Å². The van der Waals surface area contributed by atoms with Gasteiger partial charge in [-0.1, -0.05) is 11.0 Å². The average Bonchev–Trinajstić information content (AvgIpc) is 2.12. The maximum atomic E-state index is 12.8. The number of hydrogen-bond donors (Lipinski definition) is 0. The zero-order valence-electron chi connectivity index (χ0n) is 6.71. The molecule has 9 heteroatoms. The molecule has 0 aromatic rings. The zero-order chi connectivity index (χ0) is 11.4. The van der Waals surface area contributed by atoms with E-state index in [1.807, 2.05) is 0 Å². The normalized spacial score (nSPS) is 10.4. The number of esters is 1. The second kappa shape index (κ2) is 4.25. The van der Waals surface area contributed by atoms with Crippen LogP contribution < -0.4 is 0 Å². The third-order valence-corrected chi connectivity index (χ3v) is 1.12. The van der Waals surface area contributed by atoms with Crippen molar-refractivity contribution in [2.24, 2.45) is 0 Å². The fourth-order valence-corrected chi connectivity index (χ4v) is 0.394. The van der Waals surface area contributed by atoms with Crippen LogP contribution in [0.1, 0.15) is 0 Å². The van der Waals surface area contributed by atoms with E-state index in [4.69, 9.17) is 0 Å². The molecule has 0 unspecified atom stereocenters. The number of carbonyl (C=O) groups excluding carboxylic acids is 1. The van der Waals surface area contributed by atoms with Gasteiger partial charge in [0.2, 0.25) is 0 Å². The number of halogens is 1. The topological polar surface area (TPSA) is 113 Å². The van der Waals surface area contributed by atoms with Gasteiger partial charge in [-0.15, -0.1) is 0 Å². The first-order valence-electron chi connectivity index (χ1n) is 3.11. The van der Waals surface area contributed by atoms with E-state index in [-0.39, 0.29) is 0 Å². The third-order valence-electron chi connectivity index (χ3n) is 1.12. The van der Waals surface area contributed by atoms with E-state index in [1.54, 1.807) is 0 Å². The molecular formula is C5H5FN2O6. The first-order chi connectivity index (χ1) is 6.34. The Balaban J connectivity index is 4.55. The van der Waals surface area contributed by atoms with Gasteiger partial charge in [0, 0.05) is 6.08 Å². The van der Waals surface area contributed by atoms with Crippen LogP contribution in [-0.2, 0) is 9.53 Å². The van der Waals surface area contributed by atoms with Gasteiger partial charge < -0.3 is 4.74 Å². The van der Waals surface area contributed by atoms with Crippen LogP contribution in [0, 0.1) is 20.2 Å². The van der Waals surface area contributed by atoms with E-state index >= 15 is 0 Å². The lowest BCUT2D eigenvalue weighted by Crippen LogP contribution is -2.46. The lowest BCUT2D eigenvalue weighted by atomic mass is 10.5. The first-order valence-corrected chi connectivity index (χ1v) is 3.11. The second-order valence-corrected chi connectivity index (χ2v) is 2.04. The minimum Gasteiger partial charge on any atom is -0.443 e. The van der Waals surface area contributed by atoms with Gasteiger partial charge >= 0.3 is 11.9 Å². The molecule has 14 heavy (non-hydrogen) atoms. The summed E-state index contributed by atoms with van der Waals surface area (Å²) < 4.78 is 16.7. The summed E-state index contributed by atoms with van der Waals surface area (Å²) in [6, 6.07) is 0. The Morgan fingerprint density at radius 1 is 1.50 bits per heavy atom. The Morgan fingerprint density at radius 2 is 1.93 bits per heavy atom. The van der Waals surface area contributed by atoms with Crippen molar-refractivity contribution < 1.29 is 23.8 Å². The number of nitro groups is 2. The summed E-state index contributed by atoms with van der Waals surface area (Å²) in [7, 11) is 0. The molecule has 0 amide bonds. The standard InChI is InChI=1S/C5H5FN2O6/c1-2-4(9)14-3-5(6,7(10)11)8(12)13/h2H,1,3H2. The van der Waals surface area contributed by atoms with Gasteiger partial charge in [0.1, 0.15) is 9.85 Å². The highest BCUT2D eigenvalue weighted by Gasteiger charge is 2.59. The smallest absolute Gasteiger partial charge is 0.443 e. The van der Waals surface area contributed by atoms with E-state index in [2.05, 4.69) is 11.3 Å². The van der Waals surface area contributed by atoms with Crippen molar-refractivity contribution in [3.05, 3.63) is 32.9 Å². The van der Waals surface area contributed by atoms with Crippen LogP contribution in [0.2, 0.25) is 0 Å². The molecule has 0 bridgehead atoms. The molecular weight excluding hydrogens is 203 g/mol. The maximum Gasteiger partial charge on any atom is 0.648 e. The summed E-state index contributed by atoms with van der Waals surface area (Å²) in [5.41, 5.74) is 0. The summed E-state index contributed by atoms with van der Waals surface area (Å²) in [6.45, 7) is 1.31. The molecule has 8 nitrogen and oxygen atoms in total. The van der Waals surface area contributed by atoms with E-state index in [0.717, 1.165) is 0 Å². The molecule has 0 radical (unpaired) electrons. The summed E-state index contributed by atoms with van der Waals surface area (Å²) in [6.07, 6.45) is 0.598. The molecule has 0 aliphatic rings. The summed E-state index contributed by atoms with van der Waals surface area (Å²) >= 11 is 0. The highest BCUT2D eigenvalue weighted by molar-refractivity contribution is 5.81. The number of ether oxygens (including phenoxy) is 1. The molecule has 78 valence electrons. The van der Waals surface area contributed by atoms with Gasteiger partial charge in [0.25, 0.3) is 6.61 Å². The fraction of sp³-hybridized carbons (Fsp3) is 0.400. The number of alkyl halides is 1. The van der Waals surface area contributed by atoms with E-state index in [9.17, 15) is 29.4 Å². The van der Waals surface area contributed by atoms with Crippen LogP contribution in [0.4, 0.5) is 4.39 Å². The number of nitrogens with zero attached hydrogens (tertiary/aromatic N) is 2. The van der Waals surface area contributed by atoms with Crippen LogP contribution >= 0.6 is 0 Å². The molecule has 0 saturated carbocycles. The van der Waals surface area contributed by atoms with E-state index < -0.39 is 28.3 Å². The van der Waals surface area contributed by atoms with Gasteiger partial charge in [0.15, 0.2) is 0 Å². The van der Waals surface area contributed by atoms with Crippen LogP contribution in [0.3, 0.4) is 0 Å². The minimum absolute atomic E-state index is 0.598. The number of rotatable bonds is 5. The van der Waals surface area contributed by atoms with Crippen LogP contribution in [0.5, 0.6) is 0 Å². The summed E-state index contributed by atoms with van der Waals surface area (Å²) in [4.78, 5) is 26.6. The van der Waals surface area contributed by atoms with Crippen LogP contribution in [-0.4, -0.2) is 28.3 Å². The predicted molar refractivity (Wildman–Crippen MR) is 39.0 cm³/mol. The Morgan fingerprint density at radius 3 is 2.21 bits per heavy atom. The molecule has 0 aromatic carbocycles. The monoisotopic (exact) mass is 208 g/mol. The molecule has 0 fully saturated rings. The average molecular weight is 208 g/mol. The molecule has 0 aromatic heterocycles. The Kier molecular flexibility index (Phi) is 3.63. The number of carbonyl (C=O) groups is 1. The lowest BCUT2D eigenvalue weighted by molar-refractivity contribution is -0.832. The van der Waals surface area contributed by atoms with Gasteiger partial charge in [-0.2, -0.15) is 0 Å². The molecule has 0 heterocycles. The lowest BCUT2D eigenvalue weighted by Gasteiger charge is -2.07. The summed E-state index contributed by atoms with van der Waals surface area (Å²) in [5, 5.41) is 19.9.